The first-order valence-electron chi connectivity index (χ1n) is 13.1. The first kappa shape index (κ1) is 29.1. The number of rotatable bonds is 6. The molecule has 3 fully saturated rings. The number of imide groups is 2. The molecule has 4 amide bonds. The van der Waals surface area contributed by atoms with E-state index >= 15 is 0 Å². The summed E-state index contributed by atoms with van der Waals surface area (Å²) >= 11 is 19.9. The number of hydrogen-bond donors (Lipinski definition) is 1. The molecule has 0 aromatic heterocycles. The molecule has 0 spiro atoms. The molecule has 1 saturated carbocycles. The number of carbonyl (C=O) groups excluding carboxylic acids is 4. The zero-order valence-electron chi connectivity index (χ0n) is 21.4. The number of ether oxygens (including phenoxy) is 1. The van der Waals surface area contributed by atoms with E-state index in [9.17, 15) is 24.3 Å². The molecule has 12 heteroatoms. The summed E-state index contributed by atoms with van der Waals surface area (Å²) < 4.78 is 6.81. The maximum atomic E-state index is 14.1. The largest absolute Gasteiger partial charge is 0.491 e. The van der Waals surface area contributed by atoms with Gasteiger partial charge in [0.1, 0.15) is 12.4 Å². The zero-order valence-corrected chi connectivity index (χ0v) is 26.7. The number of allylic oxidation sites excluding steroid dienone is 2. The Morgan fingerprint density at radius 1 is 1.00 bits per heavy atom. The van der Waals surface area contributed by atoms with Crippen molar-refractivity contribution in [2.75, 3.05) is 23.6 Å². The van der Waals surface area contributed by atoms with Crippen LogP contribution in [0.5, 0.6) is 5.75 Å². The predicted octanol–water partition coefficient (Wildman–Crippen LogP) is 4.58. The number of alkyl halides is 3. The maximum Gasteiger partial charge on any atom is 0.254 e. The Morgan fingerprint density at radius 3 is 2.39 bits per heavy atom. The van der Waals surface area contributed by atoms with Crippen LogP contribution in [-0.2, 0) is 19.2 Å². The van der Waals surface area contributed by atoms with Crippen LogP contribution < -0.4 is 9.64 Å². The molecule has 2 saturated heterocycles. The fourth-order valence-corrected chi connectivity index (χ4v) is 8.73. The van der Waals surface area contributed by atoms with Gasteiger partial charge in [0.15, 0.2) is 9.75 Å². The summed E-state index contributed by atoms with van der Waals surface area (Å²) in [6.07, 6.45) is 2.07. The third-order valence-corrected chi connectivity index (χ3v) is 11.3. The highest BCUT2D eigenvalue weighted by molar-refractivity contribution is 14.1. The summed E-state index contributed by atoms with van der Waals surface area (Å²) in [6.45, 7) is -0.240. The van der Waals surface area contributed by atoms with E-state index < -0.39 is 45.2 Å². The number of likely N-dealkylation sites (tertiary alicyclic amines) is 1. The highest BCUT2D eigenvalue weighted by Gasteiger charge is 2.76. The number of anilines is 1. The first-order chi connectivity index (χ1) is 19.6. The molecule has 0 bridgehead atoms. The molecule has 1 N–H and O–H groups in total. The van der Waals surface area contributed by atoms with Gasteiger partial charge in [-0.25, -0.2) is 0 Å². The second kappa shape index (κ2) is 10.6. The smallest absolute Gasteiger partial charge is 0.254 e. The summed E-state index contributed by atoms with van der Waals surface area (Å²) in [5.41, 5.74) is 1.58. The number of benzene rings is 2. The van der Waals surface area contributed by atoms with Crippen LogP contribution in [0.2, 0.25) is 0 Å². The monoisotopic (exact) mass is 772 g/mol. The SMILES string of the molecule is O=C1C2CC=C3C(CC4(Cl)C(=O)N(CBr)C(=O)C4(Cl)C3c3ccccc3OCCO)C2C(=O)N1c1ccc(I)cc1. The van der Waals surface area contributed by atoms with E-state index in [4.69, 9.17) is 27.9 Å². The second-order valence-corrected chi connectivity index (χ2v) is 13.6. The van der Waals surface area contributed by atoms with Crippen LogP contribution >= 0.6 is 61.7 Å². The summed E-state index contributed by atoms with van der Waals surface area (Å²) in [6, 6.07) is 14.1. The predicted molar refractivity (Wildman–Crippen MR) is 164 cm³/mol. The average molecular weight is 774 g/mol. The van der Waals surface area contributed by atoms with Crippen LogP contribution in [0.4, 0.5) is 5.69 Å². The van der Waals surface area contributed by atoms with Gasteiger partial charge in [-0.15, -0.1) is 23.2 Å². The van der Waals surface area contributed by atoms with Crippen molar-refractivity contribution in [1.82, 2.24) is 4.90 Å². The van der Waals surface area contributed by atoms with Gasteiger partial charge in [0.05, 0.1) is 29.6 Å². The lowest BCUT2D eigenvalue weighted by atomic mass is 9.56. The Kier molecular flexibility index (Phi) is 7.54. The molecule has 2 aromatic carbocycles. The highest BCUT2D eigenvalue weighted by Crippen LogP contribution is 2.66. The summed E-state index contributed by atoms with van der Waals surface area (Å²) in [5, 5.41) is 9.42. The van der Waals surface area contributed by atoms with Gasteiger partial charge in [-0.1, -0.05) is 45.8 Å². The molecule has 2 heterocycles. The van der Waals surface area contributed by atoms with Crippen molar-refractivity contribution >= 4 is 91.0 Å². The molecule has 6 rings (SSSR count). The topological polar surface area (TPSA) is 104 Å². The Bertz CT molecular complexity index is 1500. The molecule has 2 aromatic rings. The van der Waals surface area contributed by atoms with Gasteiger partial charge in [0.2, 0.25) is 11.8 Å². The number of nitrogens with zero attached hydrogens (tertiary/aromatic N) is 2. The quantitative estimate of drug-likeness (QED) is 0.152. The Balaban J connectivity index is 1.52. The fraction of sp³-hybridized carbons (Fsp3) is 0.379. The molecular weight excluding hydrogens is 750 g/mol. The number of aliphatic hydroxyl groups excluding tert-OH is 1. The second-order valence-electron chi connectivity index (χ2n) is 10.6. The molecule has 4 aliphatic rings. The van der Waals surface area contributed by atoms with Crippen molar-refractivity contribution in [3.05, 3.63) is 69.3 Å². The Hall–Kier alpha value is -1.99. The van der Waals surface area contributed by atoms with Gasteiger partial charge in [-0.2, -0.15) is 0 Å². The number of carbonyl (C=O) groups is 4. The third kappa shape index (κ3) is 4.07. The van der Waals surface area contributed by atoms with E-state index in [-0.39, 0.29) is 43.3 Å². The van der Waals surface area contributed by atoms with Crippen LogP contribution in [0, 0.1) is 21.3 Å². The van der Waals surface area contributed by atoms with Crippen molar-refractivity contribution < 1.29 is 29.0 Å². The molecule has 8 nitrogen and oxygen atoms in total. The van der Waals surface area contributed by atoms with Crippen molar-refractivity contribution in [3.63, 3.8) is 0 Å². The van der Waals surface area contributed by atoms with Gasteiger partial charge in [0.25, 0.3) is 11.8 Å². The van der Waals surface area contributed by atoms with Gasteiger partial charge in [-0.05, 0) is 71.7 Å². The normalized spacial score (nSPS) is 32.6. The van der Waals surface area contributed by atoms with E-state index in [0.29, 0.717) is 22.6 Å². The number of halogens is 4. The average Bonchev–Trinajstić information content (AvgIpc) is 3.30. The molecular formula is C29H24BrCl2IN2O6. The van der Waals surface area contributed by atoms with Crippen LogP contribution in [0.3, 0.4) is 0 Å². The molecule has 2 aliphatic heterocycles. The van der Waals surface area contributed by atoms with E-state index in [1.807, 2.05) is 18.2 Å². The number of para-hydroxylation sites is 1. The standard InChI is InChI=1S/C29H24BrCl2IN2O6/c30-14-34-26(39)28(31)13-20-17(23(29(28,32)27(34)40)18-3-1-2-4-21(18)41-12-11-36)9-10-19-22(20)25(38)35(24(19)37)16-7-5-15(33)6-8-16/h1-9,19-20,22-23,36H,10-14H2. The first-order valence-corrected chi connectivity index (χ1v) is 16.0. The van der Waals surface area contributed by atoms with E-state index in [1.54, 1.807) is 36.4 Å². The Morgan fingerprint density at radius 2 is 1.71 bits per heavy atom. The minimum absolute atomic E-state index is 0.00340. The van der Waals surface area contributed by atoms with E-state index in [0.717, 1.165) is 8.47 Å². The number of amides is 4. The minimum Gasteiger partial charge on any atom is -0.491 e. The van der Waals surface area contributed by atoms with Gasteiger partial charge in [0, 0.05) is 15.1 Å². The lowest BCUT2D eigenvalue weighted by Crippen LogP contribution is -2.60. The van der Waals surface area contributed by atoms with Crippen molar-refractivity contribution in [3.8, 4) is 5.75 Å². The molecule has 41 heavy (non-hydrogen) atoms. The number of aliphatic hydroxyl groups is 1. The molecule has 6 unspecified atom stereocenters. The fourth-order valence-electron chi connectivity index (χ4n) is 6.95. The highest BCUT2D eigenvalue weighted by atomic mass is 127. The molecule has 0 radical (unpaired) electrons. The maximum absolute atomic E-state index is 14.1. The molecule has 2 aliphatic carbocycles. The van der Waals surface area contributed by atoms with E-state index in [1.165, 1.54) is 4.90 Å². The van der Waals surface area contributed by atoms with Crippen LogP contribution in [-0.4, -0.2) is 62.1 Å². The summed E-state index contributed by atoms with van der Waals surface area (Å²) in [4.78, 5) is 53.8. The lowest BCUT2D eigenvalue weighted by molar-refractivity contribution is -0.138. The Labute approximate surface area is 268 Å². The van der Waals surface area contributed by atoms with E-state index in [2.05, 4.69) is 38.5 Å². The molecule has 6 atom stereocenters. The van der Waals surface area contributed by atoms with Crippen molar-refractivity contribution in [2.45, 2.75) is 28.5 Å². The summed E-state index contributed by atoms with van der Waals surface area (Å²) in [7, 11) is 0. The van der Waals surface area contributed by atoms with Crippen LogP contribution in [0.1, 0.15) is 24.3 Å². The molecule has 214 valence electrons. The number of fused-ring (bicyclic) bond motifs is 4. The van der Waals surface area contributed by atoms with Gasteiger partial charge >= 0.3 is 0 Å². The summed E-state index contributed by atoms with van der Waals surface area (Å²) in [5.74, 6) is -4.58. The lowest BCUT2D eigenvalue weighted by Gasteiger charge is -2.51. The van der Waals surface area contributed by atoms with Crippen LogP contribution in [0.15, 0.2) is 60.2 Å². The van der Waals surface area contributed by atoms with Crippen LogP contribution in [0.25, 0.3) is 0 Å². The zero-order chi connectivity index (χ0) is 29.3. The number of hydrogen-bond acceptors (Lipinski definition) is 6. The third-order valence-electron chi connectivity index (χ3n) is 8.68. The van der Waals surface area contributed by atoms with Crippen molar-refractivity contribution in [2.24, 2.45) is 17.8 Å². The van der Waals surface area contributed by atoms with Gasteiger partial charge < -0.3 is 9.84 Å². The minimum atomic E-state index is -1.92. The van der Waals surface area contributed by atoms with Gasteiger partial charge in [-0.3, -0.25) is 29.0 Å². The van der Waals surface area contributed by atoms with Crippen molar-refractivity contribution in [1.29, 1.82) is 0 Å².